The molecular weight excluding hydrogens is 459 g/mol. The minimum Gasteiger partial charge on any atom is -0.321 e. The van der Waals surface area contributed by atoms with Crippen LogP contribution in [-0.2, 0) is 10.0 Å². The van der Waals surface area contributed by atoms with E-state index in [2.05, 4.69) is 37.2 Å². The molecule has 0 aliphatic rings. The van der Waals surface area contributed by atoms with E-state index in [1.807, 2.05) is 0 Å². The summed E-state index contributed by atoms with van der Waals surface area (Å²) in [5, 5.41) is 7.69. The van der Waals surface area contributed by atoms with Crippen molar-refractivity contribution in [3.8, 4) is 0 Å². The standard InChI is InChI=1S/C13H9Br2ClN2O3S/c14-8-2-4-11(9(15)6-8)18-13(19)7-1-3-10(16)12(5-7)22(17,20)21/h1-6H,(H,18,19)(H2,17,20,21). The van der Waals surface area contributed by atoms with Gasteiger partial charge in [-0.1, -0.05) is 27.5 Å². The van der Waals surface area contributed by atoms with Crippen LogP contribution in [0.5, 0.6) is 0 Å². The fraction of sp³-hybridized carbons (Fsp3) is 0. The van der Waals surface area contributed by atoms with Gasteiger partial charge in [0.1, 0.15) is 4.90 Å². The zero-order chi connectivity index (χ0) is 16.5. The monoisotopic (exact) mass is 466 g/mol. The number of amides is 1. The Morgan fingerprint density at radius 1 is 1.14 bits per heavy atom. The van der Waals surface area contributed by atoms with Crippen molar-refractivity contribution in [2.24, 2.45) is 5.14 Å². The molecule has 0 aliphatic carbocycles. The van der Waals surface area contributed by atoms with Crippen molar-refractivity contribution < 1.29 is 13.2 Å². The number of carbonyl (C=O) groups is 1. The zero-order valence-electron chi connectivity index (χ0n) is 10.8. The van der Waals surface area contributed by atoms with E-state index in [-0.39, 0.29) is 15.5 Å². The smallest absolute Gasteiger partial charge is 0.255 e. The first-order chi connectivity index (χ1) is 10.2. The Labute approximate surface area is 149 Å². The Kier molecular flexibility index (Phi) is 5.29. The van der Waals surface area contributed by atoms with Crippen molar-refractivity contribution in [2.75, 3.05) is 5.32 Å². The van der Waals surface area contributed by atoms with Crippen LogP contribution in [0.4, 0.5) is 5.69 Å². The average Bonchev–Trinajstić information content (AvgIpc) is 2.41. The van der Waals surface area contributed by atoms with Crippen LogP contribution in [0, 0.1) is 0 Å². The number of nitrogens with two attached hydrogens (primary N) is 1. The van der Waals surface area contributed by atoms with Gasteiger partial charge in [-0.3, -0.25) is 4.79 Å². The Bertz CT molecular complexity index is 856. The number of sulfonamides is 1. The summed E-state index contributed by atoms with van der Waals surface area (Å²) in [6, 6.07) is 9.10. The minimum atomic E-state index is -4.00. The van der Waals surface area contributed by atoms with E-state index < -0.39 is 15.9 Å². The number of rotatable bonds is 3. The SMILES string of the molecule is NS(=O)(=O)c1cc(C(=O)Nc2ccc(Br)cc2Br)ccc1Cl. The molecule has 22 heavy (non-hydrogen) atoms. The second-order valence-electron chi connectivity index (χ2n) is 4.27. The topological polar surface area (TPSA) is 89.3 Å². The maximum absolute atomic E-state index is 12.2. The van der Waals surface area contributed by atoms with Gasteiger partial charge in [-0.2, -0.15) is 0 Å². The number of hydrogen-bond donors (Lipinski definition) is 2. The molecule has 116 valence electrons. The largest absolute Gasteiger partial charge is 0.321 e. The van der Waals surface area contributed by atoms with Crippen molar-refractivity contribution in [1.29, 1.82) is 0 Å². The molecule has 2 aromatic carbocycles. The van der Waals surface area contributed by atoms with Gasteiger partial charge < -0.3 is 5.32 Å². The van der Waals surface area contributed by atoms with Crippen LogP contribution in [0.25, 0.3) is 0 Å². The number of primary sulfonamides is 1. The second-order valence-corrected chi connectivity index (χ2v) is 7.98. The highest BCUT2D eigenvalue weighted by molar-refractivity contribution is 9.11. The fourth-order valence-electron chi connectivity index (χ4n) is 1.65. The van der Waals surface area contributed by atoms with Gasteiger partial charge >= 0.3 is 0 Å². The van der Waals surface area contributed by atoms with E-state index in [0.29, 0.717) is 10.2 Å². The van der Waals surface area contributed by atoms with E-state index >= 15 is 0 Å². The van der Waals surface area contributed by atoms with Crippen molar-refractivity contribution in [1.82, 2.24) is 0 Å². The van der Waals surface area contributed by atoms with E-state index in [1.54, 1.807) is 18.2 Å². The Balaban J connectivity index is 2.34. The lowest BCUT2D eigenvalue weighted by atomic mass is 10.2. The minimum absolute atomic E-state index is 0.0381. The molecule has 9 heteroatoms. The van der Waals surface area contributed by atoms with Crippen molar-refractivity contribution in [3.63, 3.8) is 0 Å². The van der Waals surface area contributed by atoms with Gasteiger partial charge in [0.2, 0.25) is 10.0 Å². The molecule has 0 saturated heterocycles. The molecule has 3 N–H and O–H groups in total. The van der Waals surface area contributed by atoms with E-state index in [1.165, 1.54) is 12.1 Å². The molecule has 2 rings (SSSR count). The summed E-state index contributed by atoms with van der Waals surface area (Å²) in [4.78, 5) is 11.9. The summed E-state index contributed by atoms with van der Waals surface area (Å²) in [5.74, 6) is -0.482. The number of anilines is 1. The number of carbonyl (C=O) groups excluding carboxylic acids is 1. The summed E-state index contributed by atoms with van der Waals surface area (Å²) in [7, 11) is -4.00. The molecule has 0 aliphatic heterocycles. The van der Waals surface area contributed by atoms with Crippen LogP contribution in [0.3, 0.4) is 0 Å². The predicted octanol–water partition coefficient (Wildman–Crippen LogP) is 3.76. The Hall–Kier alpha value is -0.930. The lowest BCUT2D eigenvalue weighted by molar-refractivity contribution is 0.102. The average molecular weight is 469 g/mol. The molecule has 2 aromatic rings. The molecule has 1 amide bonds. The van der Waals surface area contributed by atoms with Crippen LogP contribution in [-0.4, -0.2) is 14.3 Å². The molecule has 5 nitrogen and oxygen atoms in total. The molecule has 0 unspecified atom stereocenters. The summed E-state index contributed by atoms with van der Waals surface area (Å²) < 4.78 is 24.4. The van der Waals surface area contributed by atoms with Crippen molar-refractivity contribution in [2.45, 2.75) is 4.90 Å². The van der Waals surface area contributed by atoms with E-state index in [4.69, 9.17) is 16.7 Å². The van der Waals surface area contributed by atoms with Crippen LogP contribution in [0.15, 0.2) is 50.2 Å². The first-order valence-electron chi connectivity index (χ1n) is 5.77. The number of halogens is 3. The molecule has 0 spiro atoms. The summed E-state index contributed by atoms with van der Waals surface area (Å²) in [5.41, 5.74) is 0.670. The summed E-state index contributed by atoms with van der Waals surface area (Å²) in [6.45, 7) is 0. The lowest BCUT2D eigenvalue weighted by Crippen LogP contribution is -2.16. The fourth-order valence-corrected chi connectivity index (χ4v) is 3.87. The van der Waals surface area contributed by atoms with Crippen LogP contribution >= 0.6 is 43.5 Å². The first kappa shape index (κ1) is 17.4. The van der Waals surface area contributed by atoms with Gasteiger partial charge in [-0.05, 0) is 52.3 Å². The number of hydrogen-bond acceptors (Lipinski definition) is 3. The number of nitrogens with one attached hydrogen (secondary N) is 1. The molecule has 0 atom stereocenters. The van der Waals surface area contributed by atoms with Crippen molar-refractivity contribution >= 4 is 65.1 Å². The van der Waals surface area contributed by atoms with Gasteiger partial charge in [0.15, 0.2) is 0 Å². The molecule has 0 heterocycles. The van der Waals surface area contributed by atoms with Gasteiger partial charge in [-0.15, -0.1) is 0 Å². The Morgan fingerprint density at radius 3 is 2.41 bits per heavy atom. The predicted molar refractivity (Wildman–Crippen MR) is 92.6 cm³/mol. The molecule has 0 aromatic heterocycles. The molecule has 0 radical (unpaired) electrons. The Morgan fingerprint density at radius 2 is 1.82 bits per heavy atom. The van der Waals surface area contributed by atoms with Crippen molar-refractivity contribution in [3.05, 3.63) is 55.9 Å². The maximum atomic E-state index is 12.2. The zero-order valence-corrected chi connectivity index (χ0v) is 15.6. The highest BCUT2D eigenvalue weighted by Crippen LogP contribution is 2.27. The quantitative estimate of drug-likeness (QED) is 0.719. The van der Waals surface area contributed by atoms with Gasteiger partial charge in [0, 0.05) is 14.5 Å². The van der Waals surface area contributed by atoms with Crippen LogP contribution < -0.4 is 10.5 Å². The lowest BCUT2D eigenvalue weighted by Gasteiger charge is -2.09. The molecule has 0 bridgehead atoms. The summed E-state index contributed by atoms with van der Waals surface area (Å²) >= 11 is 12.4. The van der Waals surface area contributed by atoms with Gasteiger partial charge in [0.05, 0.1) is 10.7 Å². The third kappa shape index (κ3) is 4.08. The highest BCUT2D eigenvalue weighted by atomic mass is 79.9. The van der Waals surface area contributed by atoms with Gasteiger partial charge in [-0.25, -0.2) is 13.6 Å². The van der Waals surface area contributed by atoms with E-state index in [0.717, 1.165) is 10.5 Å². The first-order valence-corrected chi connectivity index (χ1v) is 9.28. The third-order valence-electron chi connectivity index (χ3n) is 2.68. The van der Waals surface area contributed by atoms with Crippen LogP contribution in [0.2, 0.25) is 5.02 Å². The third-order valence-corrected chi connectivity index (χ3v) is 5.22. The van der Waals surface area contributed by atoms with Crippen LogP contribution in [0.1, 0.15) is 10.4 Å². The molecule has 0 saturated carbocycles. The highest BCUT2D eigenvalue weighted by Gasteiger charge is 2.17. The second kappa shape index (κ2) is 6.67. The van der Waals surface area contributed by atoms with Gasteiger partial charge in [0.25, 0.3) is 5.91 Å². The normalized spacial score (nSPS) is 11.3. The molecule has 0 fully saturated rings. The molecular formula is C13H9Br2ClN2O3S. The number of benzene rings is 2. The van der Waals surface area contributed by atoms with E-state index in [9.17, 15) is 13.2 Å². The maximum Gasteiger partial charge on any atom is 0.255 e. The summed E-state index contributed by atoms with van der Waals surface area (Å²) in [6.07, 6.45) is 0.